The Hall–Kier alpha value is -1.45. The number of pyridine rings is 1. The summed E-state index contributed by atoms with van der Waals surface area (Å²) in [6.45, 7) is 7.36. The number of benzene rings is 1. The topological polar surface area (TPSA) is 34.2 Å². The van der Waals surface area contributed by atoms with Crippen molar-refractivity contribution in [3.63, 3.8) is 0 Å². The molecule has 0 saturated heterocycles. The van der Waals surface area contributed by atoms with E-state index in [0.717, 1.165) is 30.6 Å². The molecule has 3 nitrogen and oxygen atoms in total. The van der Waals surface area contributed by atoms with Gasteiger partial charge in [0.25, 0.3) is 0 Å². The van der Waals surface area contributed by atoms with Gasteiger partial charge in [-0.15, -0.1) is 0 Å². The summed E-state index contributed by atoms with van der Waals surface area (Å²) in [5.74, 6) is 0. The smallest absolute Gasteiger partial charge is 0.0705 e. The van der Waals surface area contributed by atoms with Crippen molar-refractivity contribution >= 4 is 10.9 Å². The van der Waals surface area contributed by atoms with Crippen molar-refractivity contribution in [2.24, 2.45) is 0 Å². The zero-order valence-electron chi connectivity index (χ0n) is 13.5. The van der Waals surface area contributed by atoms with Crippen LogP contribution in [0.2, 0.25) is 0 Å². The van der Waals surface area contributed by atoms with Crippen LogP contribution in [-0.4, -0.2) is 30.3 Å². The number of para-hydroxylation sites is 1. The molecular formula is C18H26N2O. The molecule has 0 fully saturated rings. The molecule has 1 unspecified atom stereocenters. The van der Waals surface area contributed by atoms with Gasteiger partial charge in [0, 0.05) is 30.7 Å². The highest BCUT2D eigenvalue weighted by Crippen LogP contribution is 2.19. The monoisotopic (exact) mass is 286 g/mol. The third kappa shape index (κ3) is 4.51. The Labute approximate surface area is 127 Å². The number of fused-ring (bicyclic) bond motifs is 1. The molecule has 0 amide bonds. The summed E-state index contributed by atoms with van der Waals surface area (Å²) in [4.78, 5) is 4.77. The van der Waals surface area contributed by atoms with Gasteiger partial charge in [-0.05, 0) is 38.9 Å². The Morgan fingerprint density at radius 3 is 2.67 bits per heavy atom. The Morgan fingerprint density at radius 1 is 1.19 bits per heavy atom. The summed E-state index contributed by atoms with van der Waals surface area (Å²) in [7, 11) is 1.78. The summed E-state index contributed by atoms with van der Waals surface area (Å²) in [5, 5.41) is 4.74. The zero-order valence-corrected chi connectivity index (χ0v) is 13.5. The maximum Gasteiger partial charge on any atom is 0.0705 e. The van der Waals surface area contributed by atoms with E-state index in [1.54, 1.807) is 7.11 Å². The summed E-state index contributed by atoms with van der Waals surface area (Å²) >= 11 is 0. The van der Waals surface area contributed by atoms with Gasteiger partial charge in [0.2, 0.25) is 0 Å². The molecule has 2 rings (SSSR count). The largest absolute Gasteiger partial charge is 0.379 e. The molecule has 3 heteroatoms. The molecule has 0 aliphatic carbocycles. The van der Waals surface area contributed by atoms with Crippen molar-refractivity contribution < 1.29 is 4.74 Å². The lowest BCUT2D eigenvalue weighted by atomic mass is 9.95. The molecule has 1 aromatic carbocycles. The summed E-state index contributed by atoms with van der Waals surface area (Å²) < 4.78 is 5.56. The van der Waals surface area contributed by atoms with Crippen molar-refractivity contribution in [1.82, 2.24) is 10.3 Å². The molecular weight excluding hydrogens is 260 g/mol. The van der Waals surface area contributed by atoms with Crippen LogP contribution in [0.4, 0.5) is 0 Å². The third-order valence-corrected chi connectivity index (χ3v) is 3.89. The van der Waals surface area contributed by atoms with Crippen molar-refractivity contribution in [1.29, 1.82) is 0 Å². The second-order valence-electron chi connectivity index (χ2n) is 6.12. The van der Waals surface area contributed by atoms with Gasteiger partial charge in [-0.25, -0.2) is 0 Å². The Morgan fingerprint density at radius 2 is 1.95 bits per heavy atom. The van der Waals surface area contributed by atoms with Crippen molar-refractivity contribution in [2.45, 2.75) is 45.3 Å². The van der Waals surface area contributed by atoms with Crippen LogP contribution in [0, 0.1) is 0 Å². The number of hydrogen-bond donors (Lipinski definition) is 1. The Kier molecular flexibility index (Phi) is 5.32. The summed E-state index contributed by atoms with van der Waals surface area (Å²) in [6.07, 6.45) is 1.89. The van der Waals surface area contributed by atoms with Gasteiger partial charge < -0.3 is 10.1 Å². The maximum absolute atomic E-state index is 5.56. The molecule has 1 N–H and O–H groups in total. The van der Waals surface area contributed by atoms with E-state index in [1.165, 1.54) is 5.39 Å². The fourth-order valence-corrected chi connectivity index (χ4v) is 2.66. The highest BCUT2D eigenvalue weighted by atomic mass is 16.5. The predicted octanol–water partition coefficient (Wildman–Crippen LogP) is 3.57. The number of ether oxygens (including phenoxy) is 1. The summed E-state index contributed by atoms with van der Waals surface area (Å²) in [5.41, 5.74) is 2.08. The molecule has 0 radical (unpaired) electrons. The zero-order chi connectivity index (χ0) is 15.3. The predicted molar refractivity (Wildman–Crippen MR) is 88.6 cm³/mol. The first kappa shape index (κ1) is 15.9. The third-order valence-electron chi connectivity index (χ3n) is 3.89. The van der Waals surface area contributed by atoms with Crippen LogP contribution < -0.4 is 5.32 Å². The Balaban J connectivity index is 2.14. The van der Waals surface area contributed by atoms with E-state index >= 15 is 0 Å². The van der Waals surface area contributed by atoms with Crippen LogP contribution >= 0.6 is 0 Å². The van der Waals surface area contributed by atoms with Crippen LogP contribution in [0.15, 0.2) is 36.4 Å². The van der Waals surface area contributed by atoms with Crippen LogP contribution in [-0.2, 0) is 11.2 Å². The van der Waals surface area contributed by atoms with Crippen LogP contribution in [0.25, 0.3) is 10.9 Å². The van der Waals surface area contributed by atoms with Gasteiger partial charge >= 0.3 is 0 Å². The molecule has 1 aromatic heterocycles. The summed E-state index contributed by atoms with van der Waals surface area (Å²) in [6, 6.07) is 12.9. The number of rotatable bonds is 7. The van der Waals surface area contributed by atoms with Gasteiger partial charge in [0.05, 0.1) is 11.1 Å². The van der Waals surface area contributed by atoms with Crippen molar-refractivity contribution in [2.75, 3.05) is 13.7 Å². The van der Waals surface area contributed by atoms with E-state index in [1.807, 2.05) is 12.1 Å². The standard InChI is InChI=1S/C18H26N2O/c1-5-19-16(13-18(2,3)21-4)12-15-11-10-14-8-6-7-9-17(14)20-15/h6-11,16,19H,5,12-13H2,1-4H3. The lowest BCUT2D eigenvalue weighted by Crippen LogP contribution is -2.39. The minimum absolute atomic E-state index is 0.121. The van der Waals surface area contributed by atoms with Gasteiger partial charge in [0.1, 0.15) is 0 Å². The second kappa shape index (κ2) is 7.01. The molecule has 0 aliphatic heterocycles. The lowest BCUT2D eigenvalue weighted by Gasteiger charge is -2.29. The molecule has 0 saturated carbocycles. The minimum Gasteiger partial charge on any atom is -0.379 e. The highest BCUT2D eigenvalue weighted by Gasteiger charge is 2.22. The number of nitrogens with one attached hydrogen (secondary N) is 1. The quantitative estimate of drug-likeness (QED) is 0.845. The molecule has 0 bridgehead atoms. The van der Waals surface area contributed by atoms with Gasteiger partial charge in [-0.2, -0.15) is 0 Å². The first-order valence-corrected chi connectivity index (χ1v) is 7.67. The van der Waals surface area contributed by atoms with Crippen molar-refractivity contribution in [3.8, 4) is 0 Å². The molecule has 0 spiro atoms. The average Bonchev–Trinajstić information content (AvgIpc) is 2.47. The van der Waals surface area contributed by atoms with Gasteiger partial charge in [-0.3, -0.25) is 4.98 Å². The van der Waals surface area contributed by atoms with E-state index in [4.69, 9.17) is 9.72 Å². The second-order valence-corrected chi connectivity index (χ2v) is 6.12. The molecule has 0 aliphatic rings. The number of aromatic nitrogens is 1. The van der Waals surface area contributed by atoms with Crippen LogP contribution in [0.5, 0.6) is 0 Å². The molecule has 21 heavy (non-hydrogen) atoms. The highest BCUT2D eigenvalue weighted by molar-refractivity contribution is 5.78. The molecule has 1 atom stereocenters. The lowest BCUT2D eigenvalue weighted by molar-refractivity contribution is 0.00720. The molecule has 2 aromatic rings. The van der Waals surface area contributed by atoms with E-state index in [2.05, 4.69) is 50.4 Å². The number of hydrogen-bond acceptors (Lipinski definition) is 3. The van der Waals surface area contributed by atoms with Crippen molar-refractivity contribution in [3.05, 3.63) is 42.1 Å². The van der Waals surface area contributed by atoms with Gasteiger partial charge in [0.15, 0.2) is 0 Å². The first-order valence-electron chi connectivity index (χ1n) is 7.67. The first-order chi connectivity index (χ1) is 10.0. The SMILES string of the molecule is CCNC(Cc1ccc2ccccc2n1)CC(C)(C)OC. The average molecular weight is 286 g/mol. The number of likely N-dealkylation sites (N-methyl/N-ethyl adjacent to an activating group) is 1. The normalized spacial score (nSPS) is 13.5. The van der Waals surface area contributed by atoms with E-state index in [-0.39, 0.29) is 5.60 Å². The van der Waals surface area contributed by atoms with Crippen LogP contribution in [0.1, 0.15) is 32.9 Å². The van der Waals surface area contributed by atoms with E-state index < -0.39 is 0 Å². The van der Waals surface area contributed by atoms with Gasteiger partial charge in [-0.1, -0.05) is 31.2 Å². The van der Waals surface area contributed by atoms with Crippen LogP contribution in [0.3, 0.4) is 0 Å². The fraction of sp³-hybridized carbons (Fsp3) is 0.500. The minimum atomic E-state index is -0.121. The van der Waals surface area contributed by atoms with E-state index in [9.17, 15) is 0 Å². The van der Waals surface area contributed by atoms with E-state index in [0.29, 0.717) is 6.04 Å². The molecule has 114 valence electrons. The fourth-order valence-electron chi connectivity index (χ4n) is 2.66. The Bertz CT molecular complexity index is 580. The number of methoxy groups -OCH3 is 1. The number of nitrogens with zero attached hydrogens (tertiary/aromatic N) is 1. The molecule has 1 heterocycles. The maximum atomic E-state index is 5.56.